The van der Waals surface area contributed by atoms with Gasteiger partial charge in [-0.05, 0) is 31.2 Å². The van der Waals surface area contributed by atoms with Gasteiger partial charge in [0.15, 0.2) is 0 Å². The van der Waals surface area contributed by atoms with E-state index in [0.717, 1.165) is 12.1 Å². The summed E-state index contributed by atoms with van der Waals surface area (Å²) >= 11 is 0. The predicted octanol–water partition coefficient (Wildman–Crippen LogP) is 2.30. The highest BCUT2D eigenvalue weighted by Gasteiger charge is 2.24. The maximum Gasteiger partial charge on any atom is 0.333 e. The first-order valence-electron chi connectivity index (χ1n) is 5.86. The van der Waals surface area contributed by atoms with E-state index in [0.29, 0.717) is 12.0 Å². The summed E-state index contributed by atoms with van der Waals surface area (Å²) in [7, 11) is 3.33. The fourth-order valence-electron chi connectivity index (χ4n) is 2.18. The largest absolute Gasteiger partial charge is 0.466 e. The Kier molecular flexibility index (Phi) is 3.77. The molecule has 0 amide bonds. The van der Waals surface area contributed by atoms with E-state index in [1.165, 1.54) is 19.2 Å². The van der Waals surface area contributed by atoms with Gasteiger partial charge in [0.1, 0.15) is 5.82 Å². The summed E-state index contributed by atoms with van der Waals surface area (Å²) in [5.41, 5.74) is 1.50. The van der Waals surface area contributed by atoms with Gasteiger partial charge in [-0.15, -0.1) is 0 Å². The van der Waals surface area contributed by atoms with Crippen LogP contribution in [0.5, 0.6) is 0 Å². The number of benzene rings is 1. The van der Waals surface area contributed by atoms with E-state index in [1.54, 1.807) is 6.07 Å². The molecule has 0 radical (unpaired) electrons. The van der Waals surface area contributed by atoms with Crippen molar-refractivity contribution in [2.24, 2.45) is 0 Å². The van der Waals surface area contributed by atoms with E-state index >= 15 is 0 Å². The zero-order valence-electron chi connectivity index (χ0n) is 10.5. The van der Waals surface area contributed by atoms with Crippen molar-refractivity contribution >= 4 is 5.97 Å². The van der Waals surface area contributed by atoms with Crippen molar-refractivity contribution in [2.75, 3.05) is 20.7 Å². The van der Waals surface area contributed by atoms with Crippen LogP contribution in [-0.2, 0) is 9.53 Å². The number of likely N-dealkylation sites (N-methyl/N-ethyl adjacent to an activating group) is 1. The van der Waals surface area contributed by atoms with E-state index < -0.39 is 0 Å². The van der Waals surface area contributed by atoms with Crippen molar-refractivity contribution in [1.82, 2.24) is 4.90 Å². The highest BCUT2D eigenvalue weighted by molar-refractivity contribution is 5.88. The lowest BCUT2D eigenvalue weighted by molar-refractivity contribution is -0.136. The number of methoxy groups -OCH3 is 1. The molecule has 0 spiro atoms. The van der Waals surface area contributed by atoms with Crippen LogP contribution in [0.15, 0.2) is 35.9 Å². The topological polar surface area (TPSA) is 29.5 Å². The van der Waals surface area contributed by atoms with Gasteiger partial charge in [0.2, 0.25) is 0 Å². The summed E-state index contributed by atoms with van der Waals surface area (Å²) in [5.74, 6) is -0.566. The highest BCUT2D eigenvalue weighted by atomic mass is 19.1. The summed E-state index contributed by atoms with van der Waals surface area (Å²) in [4.78, 5) is 13.6. The summed E-state index contributed by atoms with van der Waals surface area (Å²) in [6, 6.07) is 6.37. The van der Waals surface area contributed by atoms with Gasteiger partial charge >= 0.3 is 5.97 Å². The van der Waals surface area contributed by atoms with Crippen LogP contribution in [-0.4, -0.2) is 31.6 Å². The van der Waals surface area contributed by atoms with Gasteiger partial charge in [0, 0.05) is 12.1 Å². The third-order valence-electron chi connectivity index (χ3n) is 3.21. The smallest absolute Gasteiger partial charge is 0.333 e. The van der Waals surface area contributed by atoms with Crippen molar-refractivity contribution in [1.29, 1.82) is 0 Å². The summed E-state index contributed by atoms with van der Waals surface area (Å²) < 4.78 is 18.0. The monoisotopic (exact) mass is 249 g/mol. The Bertz CT molecular complexity index is 484. The van der Waals surface area contributed by atoms with E-state index in [9.17, 15) is 9.18 Å². The Hall–Kier alpha value is -1.68. The van der Waals surface area contributed by atoms with Crippen LogP contribution in [0.1, 0.15) is 18.0 Å². The van der Waals surface area contributed by atoms with E-state index in [1.807, 2.05) is 19.2 Å². The molecule has 1 aromatic carbocycles. The lowest BCUT2D eigenvalue weighted by Crippen LogP contribution is -2.30. The molecule has 3 nitrogen and oxygen atoms in total. The first kappa shape index (κ1) is 12.8. The minimum absolute atomic E-state index is 0.0800. The normalized spacial score (nSPS) is 20.4. The van der Waals surface area contributed by atoms with Gasteiger partial charge < -0.3 is 4.74 Å². The third-order valence-corrected chi connectivity index (χ3v) is 3.21. The van der Waals surface area contributed by atoms with Gasteiger partial charge in [0.05, 0.1) is 13.2 Å². The molecule has 18 heavy (non-hydrogen) atoms. The second-order valence-corrected chi connectivity index (χ2v) is 4.41. The van der Waals surface area contributed by atoms with Gasteiger partial charge in [-0.3, -0.25) is 4.90 Å². The lowest BCUT2D eigenvalue weighted by atomic mass is 9.97. The second-order valence-electron chi connectivity index (χ2n) is 4.41. The fraction of sp³-hybridized carbons (Fsp3) is 0.357. The SMILES string of the molecule is COC(=O)C1=CC(c2cccc(F)c2)N(C)CC1. The molecule has 1 heterocycles. The van der Waals surface area contributed by atoms with Gasteiger partial charge in [-0.25, -0.2) is 9.18 Å². The first-order chi connectivity index (χ1) is 8.61. The molecule has 2 rings (SSSR count). The Labute approximate surface area is 106 Å². The number of carbonyl (C=O) groups excluding carboxylic acids is 1. The van der Waals surface area contributed by atoms with Crippen molar-refractivity contribution in [2.45, 2.75) is 12.5 Å². The number of hydrogen-bond donors (Lipinski definition) is 0. The van der Waals surface area contributed by atoms with Crippen molar-refractivity contribution < 1.29 is 13.9 Å². The minimum atomic E-state index is -0.301. The molecule has 0 aromatic heterocycles. The molecule has 0 saturated carbocycles. The Balaban J connectivity index is 2.32. The maximum atomic E-state index is 13.2. The number of carbonyl (C=O) groups is 1. The fourth-order valence-corrected chi connectivity index (χ4v) is 2.18. The van der Waals surface area contributed by atoms with Crippen LogP contribution in [0.3, 0.4) is 0 Å². The predicted molar refractivity (Wildman–Crippen MR) is 66.5 cm³/mol. The molecule has 1 aliphatic heterocycles. The van der Waals surface area contributed by atoms with Crippen LogP contribution in [0.4, 0.5) is 4.39 Å². The molecule has 0 N–H and O–H groups in total. The Morgan fingerprint density at radius 3 is 2.94 bits per heavy atom. The minimum Gasteiger partial charge on any atom is -0.466 e. The molecular formula is C14H16FNO2. The maximum absolute atomic E-state index is 13.2. The molecule has 96 valence electrons. The number of esters is 1. The van der Waals surface area contributed by atoms with Gasteiger partial charge in [-0.2, -0.15) is 0 Å². The zero-order chi connectivity index (χ0) is 13.1. The number of halogens is 1. The van der Waals surface area contributed by atoms with Crippen LogP contribution in [0.2, 0.25) is 0 Å². The standard InChI is InChI=1S/C14H16FNO2/c1-16-7-6-11(14(17)18-2)9-13(16)10-4-3-5-12(15)8-10/h3-5,8-9,13H,6-7H2,1-2H3. The number of ether oxygens (including phenoxy) is 1. The van der Waals surface area contributed by atoms with Crippen molar-refractivity contribution in [3.63, 3.8) is 0 Å². The zero-order valence-corrected chi connectivity index (χ0v) is 10.5. The van der Waals surface area contributed by atoms with E-state index in [4.69, 9.17) is 4.74 Å². The molecule has 0 fully saturated rings. The highest BCUT2D eigenvalue weighted by Crippen LogP contribution is 2.28. The van der Waals surface area contributed by atoms with Crippen LogP contribution in [0.25, 0.3) is 0 Å². The number of nitrogens with zero attached hydrogens (tertiary/aromatic N) is 1. The quantitative estimate of drug-likeness (QED) is 0.753. The molecule has 1 atom stereocenters. The van der Waals surface area contributed by atoms with Crippen LogP contribution in [0, 0.1) is 5.82 Å². The van der Waals surface area contributed by atoms with E-state index in [2.05, 4.69) is 4.90 Å². The first-order valence-corrected chi connectivity index (χ1v) is 5.86. The molecule has 1 aromatic rings. The van der Waals surface area contributed by atoms with Crippen molar-refractivity contribution in [3.05, 3.63) is 47.3 Å². The number of rotatable bonds is 2. The molecule has 0 saturated heterocycles. The van der Waals surface area contributed by atoms with Crippen LogP contribution < -0.4 is 0 Å². The van der Waals surface area contributed by atoms with Crippen LogP contribution >= 0.6 is 0 Å². The summed E-state index contributed by atoms with van der Waals surface area (Å²) in [6.07, 6.45) is 2.51. The van der Waals surface area contributed by atoms with Crippen molar-refractivity contribution in [3.8, 4) is 0 Å². The molecule has 4 heteroatoms. The molecule has 1 unspecified atom stereocenters. The number of hydrogen-bond acceptors (Lipinski definition) is 3. The Morgan fingerprint density at radius 2 is 2.28 bits per heavy atom. The third kappa shape index (κ3) is 2.59. The molecule has 0 aliphatic carbocycles. The second kappa shape index (κ2) is 5.31. The molecular weight excluding hydrogens is 233 g/mol. The summed E-state index contributed by atoms with van der Waals surface area (Å²) in [6.45, 7) is 0.752. The lowest BCUT2D eigenvalue weighted by Gasteiger charge is -2.30. The Morgan fingerprint density at radius 1 is 1.50 bits per heavy atom. The average Bonchev–Trinajstić information content (AvgIpc) is 2.38. The summed E-state index contributed by atoms with van der Waals surface area (Å²) in [5, 5.41) is 0. The average molecular weight is 249 g/mol. The van der Waals surface area contributed by atoms with Gasteiger partial charge in [-0.1, -0.05) is 18.2 Å². The molecule has 0 bridgehead atoms. The molecule has 1 aliphatic rings. The van der Waals surface area contributed by atoms with E-state index in [-0.39, 0.29) is 17.8 Å². The van der Waals surface area contributed by atoms with Gasteiger partial charge in [0.25, 0.3) is 0 Å².